The maximum atomic E-state index is 13.2. The number of carbonyl (C=O) groups is 3. The second-order valence-electron chi connectivity index (χ2n) is 13.6. The van der Waals surface area contributed by atoms with Gasteiger partial charge in [0, 0.05) is 24.9 Å². The van der Waals surface area contributed by atoms with Gasteiger partial charge in [-0.1, -0.05) is 30.7 Å². The van der Waals surface area contributed by atoms with Crippen molar-refractivity contribution in [3.8, 4) is 22.6 Å². The number of aliphatic hydroxyl groups excluding tert-OH is 1. The van der Waals surface area contributed by atoms with Gasteiger partial charge in [-0.3, -0.25) is 14.6 Å². The first-order valence-electron chi connectivity index (χ1n) is 17.5. The Morgan fingerprint density at radius 1 is 1.00 bits per heavy atom. The number of benzene rings is 2. The van der Waals surface area contributed by atoms with Crippen LogP contribution in [-0.2, 0) is 24.3 Å². The number of sulfonamides is 1. The van der Waals surface area contributed by atoms with Crippen molar-refractivity contribution in [1.29, 1.82) is 0 Å². The van der Waals surface area contributed by atoms with Crippen molar-refractivity contribution in [2.75, 3.05) is 32.1 Å². The summed E-state index contributed by atoms with van der Waals surface area (Å²) in [6.07, 6.45) is 6.35. The molecule has 0 spiro atoms. The Labute approximate surface area is 305 Å². The van der Waals surface area contributed by atoms with Crippen LogP contribution < -0.4 is 14.2 Å². The van der Waals surface area contributed by atoms with Gasteiger partial charge in [0.2, 0.25) is 10.0 Å². The monoisotopic (exact) mass is 739 g/mol. The van der Waals surface area contributed by atoms with Crippen molar-refractivity contribution < 1.29 is 46.9 Å². The largest absolute Gasteiger partial charge is 0.492 e. The number of nitrogens with one attached hydrogen (secondary N) is 1. The molecule has 0 bridgehead atoms. The molecule has 3 aromatic rings. The number of hydrogen-bond acceptors (Lipinski definition) is 11. The topological polar surface area (TPSA) is 171 Å². The van der Waals surface area contributed by atoms with Crippen LogP contribution in [0, 0.1) is 0 Å². The predicted octanol–water partition coefficient (Wildman–Crippen LogP) is 5.82. The van der Waals surface area contributed by atoms with E-state index in [4.69, 9.17) is 18.9 Å². The van der Waals surface area contributed by atoms with E-state index >= 15 is 0 Å². The molecule has 0 unspecified atom stereocenters. The number of aliphatic hydroxyl groups is 1. The average molecular weight is 740 g/mol. The summed E-state index contributed by atoms with van der Waals surface area (Å²) in [6.45, 7) is 6.76. The van der Waals surface area contributed by atoms with Crippen LogP contribution in [0.2, 0.25) is 0 Å². The molecule has 2 N–H and O–H groups in total. The van der Waals surface area contributed by atoms with Gasteiger partial charge in [-0.15, -0.1) is 0 Å². The molecule has 14 heteroatoms. The minimum atomic E-state index is -3.99. The fourth-order valence-corrected chi connectivity index (χ4v) is 6.54. The number of aromatic nitrogens is 1. The molecule has 0 radical (unpaired) electrons. The summed E-state index contributed by atoms with van der Waals surface area (Å²) in [6, 6.07) is 15.7. The van der Waals surface area contributed by atoms with Crippen molar-refractivity contribution in [2.24, 2.45) is 0 Å². The molecule has 1 aliphatic rings. The standard InChI is InChI=1S/C38H49N3O10S/c1-27(42)48-21-9-23-52(46,47)40-36(44)33-18-15-29(24-35(33)50-32-11-6-5-7-12-32)28-13-16-31(17-14-28)49-22-20-41(37(45)51-38(2,3)4)26-34(43)30-10-8-19-39-25-30/h8,10,13-19,24-25,32,34,43H,5-7,9,11-12,20-23,26H2,1-4H3,(H,40,44)/t34-/m1/s1. The van der Waals surface area contributed by atoms with Gasteiger partial charge in [-0.05, 0) is 94.3 Å². The van der Waals surface area contributed by atoms with E-state index < -0.39 is 39.7 Å². The SMILES string of the molecule is CC(=O)OCCCS(=O)(=O)NC(=O)c1ccc(-c2ccc(OCCN(C[C@@H](O)c3cccnc3)C(=O)OC(C)(C)C)cc2)cc1OC1CCCCC1. The average Bonchev–Trinajstić information content (AvgIpc) is 3.09. The van der Waals surface area contributed by atoms with E-state index in [1.807, 2.05) is 12.1 Å². The lowest BCUT2D eigenvalue weighted by Crippen LogP contribution is -2.41. The third-order valence-corrected chi connectivity index (χ3v) is 9.44. The van der Waals surface area contributed by atoms with Gasteiger partial charge in [0.25, 0.3) is 5.91 Å². The Bertz CT molecular complexity index is 1740. The van der Waals surface area contributed by atoms with E-state index in [-0.39, 0.29) is 55.9 Å². The number of ether oxygens (including phenoxy) is 4. The first-order valence-corrected chi connectivity index (χ1v) is 19.1. The molecule has 52 heavy (non-hydrogen) atoms. The van der Waals surface area contributed by atoms with Crippen LogP contribution in [0.25, 0.3) is 11.1 Å². The summed E-state index contributed by atoms with van der Waals surface area (Å²) in [4.78, 5) is 42.6. The van der Waals surface area contributed by atoms with Crippen molar-refractivity contribution >= 4 is 28.0 Å². The van der Waals surface area contributed by atoms with E-state index in [9.17, 15) is 27.9 Å². The van der Waals surface area contributed by atoms with Gasteiger partial charge in [0.15, 0.2) is 0 Å². The summed E-state index contributed by atoms with van der Waals surface area (Å²) in [5, 5.41) is 10.8. The maximum absolute atomic E-state index is 13.2. The van der Waals surface area contributed by atoms with E-state index in [2.05, 4.69) is 9.71 Å². The van der Waals surface area contributed by atoms with E-state index in [0.717, 1.165) is 43.2 Å². The van der Waals surface area contributed by atoms with Gasteiger partial charge in [0.1, 0.15) is 23.7 Å². The normalized spacial score (nSPS) is 14.2. The van der Waals surface area contributed by atoms with Crippen LogP contribution in [-0.4, -0.2) is 85.1 Å². The fraction of sp³-hybridized carbons (Fsp3) is 0.474. The van der Waals surface area contributed by atoms with Crippen LogP contribution >= 0.6 is 0 Å². The lowest BCUT2D eigenvalue weighted by atomic mass is 9.97. The zero-order chi connectivity index (χ0) is 37.7. The third kappa shape index (κ3) is 13.1. The molecular weight excluding hydrogens is 690 g/mol. The zero-order valence-electron chi connectivity index (χ0n) is 30.2. The third-order valence-electron chi connectivity index (χ3n) is 8.11. The Morgan fingerprint density at radius 2 is 1.71 bits per heavy atom. The lowest BCUT2D eigenvalue weighted by Gasteiger charge is -2.29. The molecule has 1 aromatic heterocycles. The summed E-state index contributed by atoms with van der Waals surface area (Å²) >= 11 is 0. The van der Waals surface area contributed by atoms with Crippen molar-refractivity contribution in [1.82, 2.24) is 14.6 Å². The quantitative estimate of drug-likeness (QED) is 0.134. The highest BCUT2D eigenvalue weighted by Crippen LogP contribution is 2.32. The van der Waals surface area contributed by atoms with Gasteiger partial charge in [-0.25, -0.2) is 17.9 Å². The lowest BCUT2D eigenvalue weighted by molar-refractivity contribution is -0.140. The summed E-state index contributed by atoms with van der Waals surface area (Å²) < 4.78 is 50.0. The molecule has 1 saturated carbocycles. The summed E-state index contributed by atoms with van der Waals surface area (Å²) in [5.74, 6) is -0.863. The smallest absolute Gasteiger partial charge is 0.410 e. The molecule has 0 saturated heterocycles. The molecule has 2 amide bonds. The Kier molecular flexibility index (Phi) is 14.4. The van der Waals surface area contributed by atoms with Crippen LogP contribution in [0.4, 0.5) is 4.79 Å². The molecule has 0 aliphatic heterocycles. The Balaban J connectivity index is 1.44. The number of rotatable bonds is 16. The van der Waals surface area contributed by atoms with Crippen molar-refractivity contribution in [3.63, 3.8) is 0 Å². The van der Waals surface area contributed by atoms with E-state index in [1.165, 1.54) is 11.8 Å². The summed E-state index contributed by atoms with van der Waals surface area (Å²) in [5.41, 5.74) is 1.51. The first-order chi connectivity index (χ1) is 24.7. The second-order valence-corrected chi connectivity index (χ2v) is 15.5. The molecule has 13 nitrogen and oxygen atoms in total. The molecule has 1 fully saturated rings. The van der Waals surface area contributed by atoms with Gasteiger partial charge in [-0.2, -0.15) is 0 Å². The van der Waals surface area contributed by atoms with E-state index in [1.54, 1.807) is 75.6 Å². The number of nitrogens with zero attached hydrogens (tertiary/aromatic N) is 2. The maximum Gasteiger partial charge on any atom is 0.410 e. The van der Waals surface area contributed by atoms with Gasteiger partial charge < -0.3 is 29.0 Å². The van der Waals surface area contributed by atoms with Crippen LogP contribution in [0.1, 0.15) is 88.2 Å². The highest BCUT2D eigenvalue weighted by molar-refractivity contribution is 7.90. The Hall–Kier alpha value is -4.69. The van der Waals surface area contributed by atoms with E-state index in [0.29, 0.717) is 11.3 Å². The molecule has 4 rings (SSSR count). The molecule has 282 valence electrons. The highest BCUT2D eigenvalue weighted by atomic mass is 32.2. The van der Waals surface area contributed by atoms with Crippen molar-refractivity contribution in [3.05, 3.63) is 78.1 Å². The molecular formula is C38H49N3O10S. The van der Waals surface area contributed by atoms with Crippen molar-refractivity contribution in [2.45, 2.75) is 84.0 Å². The van der Waals surface area contributed by atoms with Gasteiger partial charge >= 0.3 is 12.1 Å². The zero-order valence-corrected chi connectivity index (χ0v) is 31.0. The van der Waals surface area contributed by atoms with Crippen LogP contribution in [0.15, 0.2) is 67.0 Å². The second kappa shape index (κ2) is 18.7. The summed E-state index contributed by atoms with van der Waals surface area (Å²) in [7, 11) is -3.99. The molecule has 1 heterocycles. The minimum absolute atomic E-state index is 0.00972. The number of pyridine rings is 1. The first kappa shape index (κ1) is 40.1. The number of esters is 1. The molecule has 2 aromatic carbocycles. The fourth-order valence-electron chi connectivity index (χ4n) is 5.55. The molecule has 1 aliphatic carbocycles. The molecule has 1 atom stereocenters. The highest BCUT2D eigenvalue weighted by Gasteiger charge is 2.26. The Morgan fingerprint density at radius 3 is 2.37 bits per heavy atom. The minimum Gasteiger partial charge on any atom is -0.492 e. The predicted molar refractivity (Wildman–Crippen MR) is 194 cm³/mol. The van der Waals surface area contributed by atoms with Gasteiger partial charge in [0.05, 0.1) is 43.2 Å². The number of hydrogen-bond donors (Lipinski definition) is 2. The number of amides is 2. The van der Waals surface area contributed by atoms with Crippen LogP contribution in [0.3, 0.4) is 0 Å². The number of carbonyl (C=O) groups excluding carboxylic acids is 3. The van der Waals surface area contributed by atoms with Crippen LogP contribution in [0.5, 0.6) is 11.5 Å².